The van der Waals surface area contributed by atoms with Crippen molar-refractivity contribution in [2.24, 2.45) is 4.99 Å². The Labute approximate surface area is 223 Å². The predicted molar refractivity (Wildman–Crippen MR) is 144 cm³/mol. The second-order valence-electron chi connectivity index (χ2n) is 9.63. The molecule has 6 nitrogen and oxygen atoms in total. The summed E-state index contributed by atoms with van der Waals surface area (Å²) < 4.78 is 45.2. The molecule has 0 spiro atoms. The van der Waals surface area contributed by atoms with E-state index in [2.05, 4.69) is 15.0 Å². The van der Waals surface area contributed by atoms with Crippen molar-refractivity contribution in [3.05, 3.63) is 90.5 Å². The van der Waals surface area contributed by atoms with Crippen LogP contribution in [0.5, 0.6) is 5.75 Å². The molecule has 3 aromatic rings. The summed E-state index contributed by atoms with van der Waals surface area (Å²) >= 11 is 0. The Morgan fingerprint density at radius 2 is 1.77 bits per heavy atom. The van der Waals surface area contributed by atoms with E-state index in [1.165, 1.54) is 18.6 Å². The minimum Gasteiger partial charge on any atom is -0.406 e. The van der Waals surface area contributed by atoms with E-state index in [4.69, 9.17) is 9.98 Å². The maximum Gasteiger partial charge on any atom is 0.573 e. The molecule has 39 heavy (non-hydrogen) atoms. The average molecular weight is 530 g/mol. The molecule has 0 unspecified atom stereocenters. The molecule has 0 atom stereocenters. The van der Waals surface area contributed by atoms with Crippen LogP contribution in [0.1, 0.15) is 32.1 Å². The molecule has 1 aliphatic heterocycles. The van der Waals surface area contributed by atoms with E-state index in [0.717, 1.165) is 53.6 Å². The minimum absolute atomic E-state index is 0.205. The highest BCUT2D eigenvalue weighted by atomic mass is 19.4. The number of rotatable bonds is 5. The van der Waals surface area contributed by atoms with E-state index in [9.17, 15) is 13.2 Å². The van der Waals surface area contributed by atoms with Crippen LogP contribution in [-0.2, 0) is 0 Å². The van der Waals surface area contributed by atoms with Gasteiger partial charge in [0.1, 0.15) is 5.75 Å². The van der Waals surface area contributed by atoms with Crippen LogP contribution in [0.2, 0.25) is 0 Å². The lowest BCUT2D eigenvalue weighted by molar-refractivity contribution is -0.274. The highest BCUT2D eigenvalue weighted by molar-refractivity contribution is 5.84. The van der Waals surface area contributed by atoms with E-state index < -0.39 is 6.36 Å². The van der Waals surface area contributed by atoms with Gasteiger partial charge in [-0.2, -0.15) is 0 Å². The molecular formula is C30H26F3N5O. The first-order valence-corrected chi connectivity index (χ1v) is 13.0. The zero-order valence-electron chi connectivity index (χ0n) is 21.0. The standard InChI is InChI=1S/C30H26F3N5O/c31-30(32,33)39-23-12-6-11-22(16-23)38-28-14-5-4-13-24(28)37-27-17-25(36-21-10-7-15-34-19-21)26(18-29(27)38)35-20-8-2-1-3-9-20/h4-7,10-20,36H,1-3,8-9H2. The summed E-state index contributed by atoms with van der Waals surface area (Å²) in [6, 6.07) is 21.5. The Hall–Kier alpha value is -4.40. The van der Waals surface area contributed by atoms with Crippen LogP contribution >= 0.6 is 0 Å². The number of halogens is 3. The molecule has 0 radical (unpaired) electrons. The molecule has 9 heteroatoms. The maximum absolute atomic E-state index is 13.0. The van der Waals surface area contributed by atoms with Gasteiger partial charge in [-0.25, -0.2) is 4.98 Å². The van der Waals surface area contributed by atoms with Crippen LogP contribution < -0.4 is 15.4 Å². The van der Waals surface area contributed by atoms with Crippen molar-refractivity contribution in [3.8, 4) is 22.8 Å². The molecule has 1 saturated carbocycles. The van der Waals surface area contributed by atoms with Crippen molar-refractivity contribution in [2.75, 3.05) is 5.32 Å². The molecule has 0 amide bonds. The third-order valence-corrected chi connectivity index (χ3v) is 6.84. The van der Waals surface area contributed by atoms with Crippen molar-refractivity contribution in [1.29, 1.82) is 0 Å². The largest absolute Gasteiger partial charge is 0.573 e. The van der Waals surface area contributed by atoms with Crippen LogP contribution in [0.3, 0.4) is 0 Å². The van der Waals surface area contributed by atoms with E-state index in [-0.39, 0.29) is 11.8 Å². The number of ether oxygens (including phenoxy) is 1. The third-order valence-electron chi connectivity index (χ3n) is 6.84. The van der Waals surface area contributed by atoms with Gasteiger partial charge in [-0.1, -0.05) is 37.5 Å². The Balaban J connectivity index is 1.59. The molecule has 0 bridgehead atoms. The monoisotopic (exact) mass is 529 g/mol. The van der Waals surface area contributed by atoms with E-state index >= 15 is 0 Å². The fourth-order valence-corrected chi connectivity index (χ4v) is 5.15. The summed E-state index contributed by atoms with van der Waals surface area (Å²) in [5.41, 5.74) is 5.00. The highest BCUT2D eigenvalue weighted by Gasteiger charge is 2.31. The lowest BCUT2D eigenvalue weighted by Gasteiger charge is -2.22. The second-order valence-corrected chi connectivity index (χ2v) is 9.63. The zero-order chi connectivity index (χ0) is 26.8. The van der Waals surface area contributed by atoms with Gasteiger partial charge in [0.25, 0.3) is 0 Å². The van der Waals surface area contributed by atoms with Crippen LogP contribution in [0.4, 0.5) is 24.5 Å². The molecule has 1 N–H and O–H groups in total. The summed E-state index contributed by atoms with van der Waals surface area (Å²) in [7, 11) is 0. The molecule has 2 aliphatic carbocycles. The topological polar surface area (TPSA) is 64.3 Å². The first-order chi connectivity index (χ1) is 18.9. The number of anilines is 2. The lowest BCUT2D eigenvalue weighted by Crippen LogP contribution is -2.19. The van der Waals surface area contributed by atoms with Gasteiger partial charge in [-0.3, -0.25) is 9.98 Å². The van der Waals surface area contributed by atoms with Gasteiger partial charge in [-0.05, 0) is 61.4 Å². The number of fused-ring (bicyclic) bond motifs is 2. The van der Waals surface area contributed by atoms with Gasteiger partial charge < -0.3 is 14.6 Å². The smallest absolute Gasteiger partial charge is 0.406 e. The molecule has 198 valence electrons. The normalized spacial score (nSPS) is 15.1. The molecule has 3 aliphatic rings. The van der Waals surface area contributed by atoms with Crippen molar-refractivity contribution in [2.45, 2.75) is 44.5 Å². The van der Waals surface area contributed by atoms with Gasteiger partial charge in [0, 0.05) is 18.0 Å². The SMILES string of the molecule is FC(F)(F)Oc1cccc(-n2c3cc(=NC4CCCCC4)c(Nc4cccnc4)cc-3nc3ccccc32)c1. The van der Waals surface area contributed by atoms with Gasteiger partial charge in [0.2, 0.25) is 0 Å². The van der Waals surface area contributed by atoms with Crippen molar-refractivity contribution in [3.63, 3.8) is 0 Å². The minimum atomic E-state index is -4.79. The Kier molecular flexibility index (Phi) is 6.64. The maximum atomic E-state index is 13.0. The highest BCUT2D eigenvalue weighted by Crippen LogP contribution is 2.33. The number of benzene rings is 3. The first kappa shape index (κ1) is 24.9. The number of pyridine rings is 1. The molecule has 2 heterocycles. The van der Waals surface area contributed by atoms with Crippen LogP contribution in [0, 0.1) is 0 Å². The Bertz CT molecular complexity index is 1640. The van der Waals surface area contributed by atoms with Gasteiger partial charge in [-0.15, -0.1) is 13.2 Å². The Morgan fingerprint density at radius 3 is 2.56 bits per heavy atom. The fraction of sp³-hybridized carbons (Fsp3) is 0.233. The van der Waals surface area contributed by atoms with Crippen LogP contribution in [0.25, 0.3) is 28.1 Å². The van der Waals surface area contributed by atoms with Crippen molar-refractivity contribution < 1.29 is 17.9 Å². The van der Waals surface area contributed by atoms with Crippen LogP contribution in [-0.4, -0.2) is 26.9 Å². The first-order valence-electron chi connectivity index (χ1n) is 13.0. The second kappa shape index (κ2) is 10.4. The van der Waals surface area contributed by atoms with Gasteiger partial charge in [0.15, 0.2) is 0 Å². The fourth-order valence-electron chi connectivity index (χ4n) is 5.15. The Morgan fingerprint density at radius 1 is 0.923 bits per heavy atom. The van der Waals surface area contributed by atoms with Crippen LogP contribution in [0.15, 0.2) is 90.2 Å². The summed E-state index contributed by atoms with van der Waals surface area (Å²) in [6.07, 6.45) is 4.23. The number of hydrogen-bond acceptors (Lipinski definition) is 5. The number of nitrogens with one attached hydrogen (secondary N) is 1. The summed E-state index contributed by atoms with van der Waals surface area (Å²) in [6.45, 7) is 0. The number of alkyl halides is 3. The summed E-state index contributed by atoms with van der Waals surface area (Å²) in [4.78, 5) is 14.3. The molecule has 0 saturated heterocycles. The molecule has 2 aromatic carbocycles. The summed E-state index contributed by atoms with van der Waals surface area (Å²) in [5.74, 6) is -0.288. The average Bonchev–Trinajstić information content (AvgIpc) is 2.92. The quantitative estimate of drug-likeness (QED) is 0.241. The number of hydrogen-bond donors (Lipinski definition) is 1. The van der Waals surface area contributed by atoms with E-state index in [1.54, 1.807) is 24.5 Å². The van der Waals surface area contributed by atoms with Crippen molar-refractivity contribution in [1.82, 2.24) is 14.5 Å². The number of nitrogens with zero attached hydrogens (tertiary/aromatic N) is 4. The zero-order valence-corrected chi connectivity index (χ0v) is 21.0. The molecule has 1 fully saturated rings. The van der Waals surface area contributed by atoms with E-state index in [0.29, 0.717) is 16.9 Å². The molecular weight excluding hydrogens is 503 g/mol. The number of aromatic nitrogens is 3. The number of para-hydroxylation sites is 2. The lowest BCUT2D eigenvalue weighted by atomic mass is 9.96. The van der Waals surface area contributed by atoms with E-state index in [1.807, 2.05) is 53.1 Å². The molecule has 6 rings (SSSR count). The summed E-state index contributed by atoms with van der Waals surface area (Å²) in [5, 5.41) is 4.22. The van der Waals surface area contributed by atoms with Gasteiger partial charge >= 0.3 is 6.36 Å². The predicted octanol–water partition coefficient (Wildman–Crippen LogP) is 7.40. The third kappa shape index (κ3) is 5.57. The molecule has 1 aromatic heterocycles. The van der Waals surface area contributed by atoms with Crippen molar-refractivity contribution >= 4 is 22.4 Å². The van der Waals surface area contributed by atoms with Gasteiger partial charge in [0.05, 0.1) is 51.4 Å².